The van der Waals surface area contributed by atoms with Gasteiger partial charge in [0.05, 0.1) is 5.41 Å². The fraction of sp³-hybridized carbons (Fsp3) is 0.429. The van der Waals surface area contributed by atoms with Crippen LogP contribution in [0.15, 0.2) is 41.8 Å². The highest BCUT2D eigenvalue weighted by Gasteiger charge is 2.45. The largest absolute Gasteiger partial charge is 0.356 e. The van der Waals surface area contributed by atoms with E-state index >= 15 is 0 Å². The lowest BCUT2D eigenvalue weighted by Gasteiger charge is -2.29. The van der Waals surface area contributed by atoms with E-state index in [1.807, 2.05) is 36.9 Å². The average Bonchev–Trinajstić information content (AvgIpc) is 3.32. The molecule has 1 aliphatic heterocycles. The van der Waals surface area contributed by atoms with Crippen LogP contribution in [0.25, 0.3) is 10.4 Å². The summed E-state index contributed by atoms with van der Waals surface area (Å²) in [4.78, 5) is 28.2. The first kappa shape index (κ1) is 18.6. The van der Waals surface area contributed by atoms with Crippen LogP contribution in [-0.2, 0) is 16.0 Å². The Bertz CT molecular complexity index is 772. The van der Waals surface area contributed by atoms with Gasteiger partial charge in [-0.2, -0.15) is 0 Å². The highest BCUT2D eigenvalue weighted by Crippen LogP contribution is 2.38. The summed E-state index contributed by atoms with van der Waals surface area (Å²) in [5, 5.41) is 5.08. The third-order valence-electron chi connectivity index (χ3n) is 5.16. The second-order valence-electron chi connectivity index (χ2n) is 6.87. The molecule has 2 aromatic rings. The molecule has 2 amide bonds. The van der Waals surface area contributed by atoms with Gasteiger partial charge in [-0.05, 0) is 42.3 Å². The number of carbonyl (C=O) groups excluding carboxylic acids is 2. The lowest BCUT2D eigenvalue weighted by Crippen LogP contribution is -2.45. The molecule has 1 fully saturated rings. The second kappa shape index (κ2) is 8.04. The molecule has 0 spiro atoms. The summed E-state index contributed by atoms with van der Waals surface area (Å²) in [5.41, 5.74) is 1.81. The van der Waals surface area contributed by atoms with Crippen molar-refractivity contribution in [2.45, 2.75) is 33.1 Å². The lowest BCUT2D eigenvalue weighted by atomic mass is 9.78. The number of nitrogens with one attached hydrogen (secondary N) is 1. The summed E-state index contributed by atoms with van der Waals surface area (Å²) in [6.45, 7) is 5.58. The summed E-state index contributed by atoms with van der Waals surface area (Å²) in [5.74, 6) is 0.190. The minimum atomic E-state index is -0.547. The summed E-state index contributed by atoms with van der Waals surface area (Å²) < 4.78 is 0. The molecule has 0 unspecified atom stereocenters. The van der Waals surface area contributed by atoms with Crippen molar-refractivity contribution in [1.82, 2.24) is 10.2 Å². The topological polar surface area (TPSA) is 49.4 Å². The van der Waals surface area contributed by atoms with Crippen molar-refractivity contribution in [1.29, 1.82) is 0 Å². The zero-order valence-corrected chi connectivity index (χ0v) is 16.3. The van der Waals surface area contributed by atoms with Gasteiger partial charge in [0.2, 0.25) is 11.8 Å². The summed E-state index contributed by atoms with van der Waals surface area (Å²) >= 11 is 1.71. The van der Waals surface area contributed by atoms with Crippen LogP contribution in [0.1, 0.15) is 32.3 Å². The highest BCUT2D eigenvalue weighted by atomic mass is 32.1. The van der Waals surface area contributed by atoms with Gasteiger partial charge in [0.25, 0.3) is 0 Å². The molecule has 1 aliphatic rings. The Morgan fingerprint density at radius 2 is 2.00 bits per heavy atom. The minimum Gasteiger partial charge on any atom is -0.356 e. The second-order valence-corrected chi connectivity index (χ2v) is 7.82. The maximum atomic E-state index is 13.0. The Labute approximate surface area is 159 Å². The molecule has 1 aromatic carbocycles. The van der Waals surface area contributed by atoms with Gasteiger partial charge in [0.15, 0.2) is 0 Å². The van der Waals surface area contributed by atoms with Crippen LogP contribution in [-0.4, -0.2) is 36.3 Å². The minimum absolute atomic E-state index is 0.0624. The summed E-state index contributed by atoms with van der Waals surface area (Å²) in [6.07, 6.45) is 1.85. The van der Waals surface area contributed by atoms with Crippen LogP contribution >= 0.6 is 11.3 Å². The van der Waals surface area contributed by atoms with Gasteiger partial charge in [0, 0.05) is 30.9 Å². The summed E-state index contributed by atoms with van der Waals surface area (Å²) in [7, 11) is 0. The molecule has 26 heavy (non-hydrogen) atoms. The van der Waals surface area contributed by atoms with Crippen LogP contribution < -0.4 is 5.32 Å². The first-order chi connectivity index (χ1) is 12.6. The monoisotopic (exact) mass is 370 g/mol. The van der Waals surface area contributed by atoms with Crippen LogP contribution in [0.3, 0.4) is 0 Å². The number of likely N-dealkylation sites (tertiary alicyclic amines) is 1. The third-order valence-corrected chi connectivity index (χ3v) is 6.06. The van der Waals surface area contributed by atoms with E-state index in [1.54, 1.807) is 11.3 Å². The lowest BCUT2D eigenvalue weighted by molar-refractivity contribution is -0.133. The molecule has 1 N–H and O–H groups in total. The Morgan fingerprint density at radius 3 is 2.69 bits per heavy atom. The molecule has 0 bridgehead atoms. The van der Waals surface area contributed by atoms with Crippen molar-refractivity contribution in [2.75, 3.05) is 19.6 Å². The van der Waals surface area contributed by atoms with Crippen molar-refractivity contribution in [3.63, 3.8) is 0 Å². The summed E-state index contributed by atoms with van der Waals surface area (Å²) in [6, 6.07) is 12.5. The van der Waals surface area contributed by atoms with E-state index in [4.69, 9.17) is 0 Å². The maximum Gasteiger partial charge on any atom is 0.228 e. The Balaban J connectivity index is 1.93. The van der Waals surface area contributed by atoms with Crippen molar-refractivity contribution >= 4 is 23.2 Å². The molecular weight excluding hydrogens is 344 g/mol. The number of carbonyl (C=O) groups is 2. The first-order valence-corrected chi connectivity index (χ1v) is 10.2. The number of benzene rings is 1. The van der Waals surface area contributed by atoms with Crippen molar-refractivity contribution in [3.8, 4) is 10.4 Å². The van der Waals surface area contributed by atoms with E-state index in [2.05, 4.69) is 28.9 Å². The van der Waals surface area contributed by atoms with E-state index < -0.39 is 5.41 Å². The molecule has 3 rings (SSSR count). The molecular formula is C21H26N2O2S. The Kier molecular flexibility index (Phi) is 5.77. The standard InChI is InChI=1S/C21H26N2O2S/c1-3-19(24)23-12-11-21(15-23,20(25)22-4-2)14-16-8-5-6-9-17(16)18-10-7-13-26-18/h5-10,13H,3-4,11-12,14-15H2,1-2H3,(H,22,25)/t21-/m0/s1. The van der Waals surface area contributed by atoms with E-state index in [0.717, 1.165) is 0 Å². The smallest absolute Gasteiger partial charge is 0.228 e. The van der Waals surface area contributed by atoms with Gasteiger partial charge in [-0.15, -0.1) is 11.3 Å². The fourth-order valence-electron chi connectivity index (χ4n) is 3.78. The fourth-order valence-corrected chi connectivity index (χ4v) is 4.57. The zero-order chi connectivity index (χ0) is 18.6. The molecule has 1 aromatic heterocycles. The van der Waals surface area contributed by atoms with Crippen LogP contribution in [0.4, 0.5) is 0 Å². The Morgan fingerprint density at radius 1 is 1.19 bits per heavy atom. The Hall–Kier alpha value is -2.14. The normalized spacial score (nSPS) is 19.5. The van der Waals surface area contributed by atoms with E-state index in [0.29, 0.717) is 38.9 Å². The molecule has 0 saturated carbocycles. The van der Waals surface area contributed by atoms with Crippen molar-refractivity contribution in [3.05, 3.63) is 47.3 Å². The van der Waals surface area contributed by atoms with Gasteiger partial charge < -0.3 is 10.2 Å². The van der Waals surface area contributed by atoms with Crippen molar-refractivity contribution in [2.24, 2.45) is 5.41 Å². The molecule has 5 heteroatoms. The van der Waals surface area contributed by atoms with Crippen molar-refractivity contribution < 1.29 is 9.59 Å². The molecule has 4 nitrogen and oxygen atoms in total. The predicted molar refractivity (Wildman–Crippen MR) is 106 cm³/mol. The molecule has 0 aliphatic carbocycles. The number of amides is 2. The number of hydrogen-bond donors (Lipinski definition) is 1. The van der Waals surface area contributed by atoms with Crippen LogP contribution in [0.2, 0.25) is 0 Å². The number of thiophene rings is 1. The first-order valence-electron chi connectivity index (χ1n) is 9.27. The van der Waals surface area contributed by atoms with Gasteiger partial charge >= 0.3 is 0 Å². The SMILES string of the molecule is CCNC(=O)[C@]1(Cc2ccccc2-c2cccs2)CCN(C(=O)CC)C1. The molecule has 1 atom stereocenters. The highest BCUT2D eigenvalue weighted by molar-refractivity contribution is 7.13. The van der Waals surface area contributed by atoms with E-state index in [-0.39, 0.29) is 11.8 Å². The van der Waals surface area contributed by atoms with E-state index in [1.165, 1.54) is 16.0 Å². The van der Waals surface area contributed by atoms with Gasteiger partial charge in [0.1, 0.15) is 0 Å². The molecule has 138 valence electrons. The molecule has 0 radical (unpaired) electrons. The van der Waals surface area contributed by atoms with Crippen LogP contribution in [0, 0.1) is 5.41 Å². The number of nitrogens with zero attached hydrogens (tertiary/aromatic N) is 1. The van der Waals surface area contributed by atoms with Crippen LogP contribution in [0.5, 0.6) is 0 Å². The average molecular weight is 371 g/mol. The van der Waals surface area contributed by atoms with Gasteiger partial charge in [-0.3, -0.25) is 9.59 Å². The predicted octanol–water partition coefficient (Wildman–Crippen LogP) is 3.72. The number of hydrogen-bond acceptors (Lipinski definition) is 3. The number of rotatable bonds is 6. The third kappa shape index (κ3) is 3.68. The maximum absolute atomic E-state index is 13.0. The van der Waals surface area contributed by atoms with E-state index in [9.17, 15) is 9.59 Å². The van der Waals surface area contributed by atoms with Gasteiger partial charge in [-0.25, -0.2) is 0 Å². The zero-order valence-electron chi connectivity index (χ0n) is 15.5. The quantitative estimate of drug-likeness (QED) is 0.842. The molecule has 2 heterocycles. The van der Waals surface area contributed by atoms with Gasteiger partial charge in [-0.1, -0.05) is 37.3 Å². The molecule has 1 saturated heterocycles.